The number of rotatable bonds is 3. The lowest BCUT2D eigenvalue weighted by Crippen LogP contribution is -2.02. The number of anilines is 1. The Kier molecular flexibility index (Phi) is 3.03. The van der Waals surface area contributed by atoms with Crippen LogP contribution in [0.5, 0.6) is 0 Å². The van der Waals surface area contributed by atoms with Gasteiger partial charge in [0.2, 0.25) is 0 Å². The Morgan fingerprint density at radius 2 is 2.00 bits per heavy atom. The average molecular weight is 287 g/mol. The number of oxazole rings is 1. The molecule has 3 rings (SSSR count). The highest BCUT2D eigenvalue weighted by molar-refractivity contribution is 7.99. The van der Waals surface area contributed by atoms with E-state index < -0.39 is 5.97 Å². The summed E-state index contributed by atoms with van der Waals surface area (Å²) in [6.07, 6.45) is 0. The lowest BCUT2D eigenvalue weighted by atomic mass is 10.3. The summed E-state index contributed by atoms with van der Waals surface area (Å²) in [7, 11) is 0. The fourth-order valence-electron chi connectivity index (χ4n) is 1.63. The minimum Gasteiger partial charge on any atom is -0.477 e. The van der Waals surface area contributed by atoms with Crippen LogP contribution in [0.2, 0.25) is 0 Å². The third-order valence-corrected chi connectivity index (χ3v) is 3.44. The number of aromatic carboxylic acids is 1. The summed E-state index contributed by atoms with van der Waals surface area (Å²) in [5.41, 5.74) is 7.47. The topological polar surface area (TPSA) is 102 Å². The van der Waals surface area contributed by atoms with Gasteiger partial charge in [0.25, 0.3) is 5.22 Å². The van der Waals surface area contributed by atoms with Crippen LogP contribution in [-0.2, 0) is 0 Å². The molecule has 3 aromatic rings. The molecule has 1 aromatic carbocycles. The summed E-state index contributed by atoms with van der Waals surface area (Å²) >= 11 is 1.09. The second-order valence-electron chi connectivity index (χ2n) is 3.95. The van der Waals surface area contributed by atoms with Crippen molar-refractivity contribution in [1.29, 1.82) is 0 Å². The van der Waals surface area contributed by atoms with Crippen molar-refractivity contribution in [3.63, 3.8) is 0 Å². The monoisotopic (exact) mass is 287 g/mol. The molecule has 7 heteroatoms. The van der Waals surface area contributed by atoms with Gasteiger partial charge in [0.1, 0.15) is 16.2 Å². The van der Waals surface area contributed by atoms with Crippen LogP contribution in [-0.4, -0.2) is 21.0 Å². The molecule has 3 N–H and O–H groups in total. The van der Waals surface area contributed by atoms with Crippen LogP contribution < -0.4 is 5.73 Å². The molecule has 0 amide bonds. The Labute approximate surface area is 117 Å². The number of nitrogen functional groups attached to an aromatic ring is 1. The first-order valence-electron chi connectivity index (χ1n) is 5.67. The van der Waals surface area contributed by atoms with E-state index in [1.54, 1.807) is 6.07 Å². The smallest absolute Gasteiger partial charge is 0.354 e. The molecule has 2 aromatic heterocycles. The van der Waals surface area contributed by atoms with Gasteiger partial charge in [0.05, 0.1) is 5.69 Å². The maximum Gasteiger partial charge on any atom is 0.354 e. The van der Waals surface area contributed by atoms with Crippen molar-refractivity contribution in [3.8, 4) is 0 Å². The van der Waals surface area contributed by atoms with Gasteiger partial charge in [-0.1, -0.05) is 12.1 Å². The third-order valence-electron chi connectivity index (χ3n) is 2.57. The van der Waals surface area contributed by atoms with Crippen LogP contribution in [0, 0.1) is 0 Å². The van der Waals surface area contributed by atoms with E-state index in [2.05, 4.69) is 9.97 Å². The number of pyridine rings is 1. The van der Waals surface area contributed by atoms with E-state index in [1.807, 2.05) is 18.2 Å². The summed E-state index contributed by atoms with van der Waals surface area (Å²) in [4.78, 5) is 19.2. The predicted molar refractivity (Wildman–Crippen MR) is 73.7 cm³/mol. The molecule has 0 radical (unpaired) electrons. The number of hydrogen-bond donors (Lipinski definition) is 2. The molecule has 0 fully saturated rings. The summed E-state index contributed by atoms with van der Waals surface area (Å²) in [6.45, 7) is 0. The molecule has 0 aliphatic heterocycles. The number of carbonyl (C=O) groups is 1. The number of nitrogens with two attached hydrogens (primary N) is 1. The number of para-hydroxylation sites is 2. The standard InChI is InChI=1S/C13H9N3O3S/c14-7-5-6-9(12(17)18)15-11(7)20-13-16-8-3-1-2-4-10(8)19-13/h1-6H,14H2,(H,17,18). The molecular formula is C13H9N3O3S. The SMILES string of the molecule is Nc1ccc(C(=O)O)nc1Sc1nc2ccccc2o1. The Morgan fingerprint density at radius 3 is 2.75 bits per heavy atom. The molecule has 0 aliphatic rings. The van der Waals surface area contributed by atoms with Gasteiger partial charge >= 0.3 is 5.97 Å². The van der Waals surface area contributed by atoms with Crippen LogP contribution in [0.15, 0.2) is 51.1 Å². The number of aromatic nitrogens is 2. The molecule has 0 saturated heterocycles. The summed E-state index contributed by atoms with van der Waals surface area (Å²) < 4.78 is 5.54. The van der Waals surface area contributed by atoms with E-state index in [-0.39, 0.29) is 5.69 Å². The Balaban J connectivity index is 1.97. The van der Waals surface area contributed by atoms with Gasteiger partial charge < -0.3 is 15.3 Å². The maximum atomic E-state index is 10.9. The van der Waals surface area contributed by atoms with Gasteiger partial charge in [-0.2, -0.15) is 0 Å². The molecule has 0 atom stereocenters. The minimum atomic E-state index is -1.11. The molecule has 0 unspecified atom stereocenters. The molecule has 0 spiro atoms. The van der Waals surface area contributed by atoms with Gasteiger partial charge in [-0.15, -0.1) is 0 Å². The van der Waals surface area contributed by atoms with Crippen LogP contribution in [0.1, 0.15) is 10.5 Å². The van der Waals surface area contributed by atoms with Crippen molar-refractivity contribution >= 4 is 34.5 Å². The fraction of sp³-hybridized carbons (Fsp3) is 0. The Bertz CT molecular complexity index is 767. The maximum absolute atomic E-state index is 10.9. The predicted octanol–water partition coefficient (Wildman–Crippen LogP) is 2.65. The van der Waals surface area contributed by atoms with Gasteiger partial charge in [-0.25, -0.2) is 14.8 Å². The number of benzene rings is 1. The van der Waals surface area contributed by atoms with Crippen molar-refractivity contribution in [2.45, 2.75) is 10.2 Å². The lowest BCUT2D eigenvalue weighted by molar-refractivity contribution is 0.0690. The highest BCUT2D eigenvalue weighted by atomic mass is 32.2. The van der Waals surface area contributed by atoms with Crippen LogP contribution in [0.25, 0.3) is 11.1 Å². The van der Waals surface area contributed by atoms with Crippen LogP contribution in [0.3, 0.4) is 0 Å². The van der Waals surface area contributed by atoms with E-state index in [0.29, 0.717) is 21.5 Å². The van der Waals surface area contributed by atoms with Crippen molar-refractivity contribution in [1.82, 2.24) is 9.97 Å². The van der Waals surface area contributed by atoms with Crippen molar-refractivity contribution < 1.29 is 14.3 Å². The normalized spacial score (nSPS) is 10.8. The third kappa shape index (κ3) is 2.30. The van der Waals surface area contributed by atoms with Gasteiger partial charge in [-0.05, 0) is 36.0 Å². The second-order valence-corrected chi connectivity index (χ2v) is 4.89. The molecule has 6 nitrogen and oxygen atoms in total. The number of nitrogens with zero attached hydrogens (tertiary/aromatic N) is 2. The largest absolute Gasteiger partial charge is 0.477 e. The fourth-order valence-corrected chi connectivity index (χ4v) is 2.40. The van der Waals surface area contributed by atoms with Crippen molar-refractivity contribution in [2.75, 3.05) is 5.73 Å². The minimum absolute atomic E-state index is 0.0715. The summed E-state index contributed by atoms with van der Waals surface area (Å²) in [5, 5.41) is 9.66. The average Bonchev–Trinajstić information content (AvgIpc) is 2.83. The number of fused-ring (bicyclic) bond motifs is 1. The number of hydrogen-bond acceptors (Lipinski definition) is 6. The van der Waals surface area contributed by atoms with E-state index >= 15 is 0 Å². The molecular weight excluding hydrogens is 278 g/mol. The zero-order valence-electron chi connectivity index (χ0n) is 10.1. The first kappa shape index (κ1) is 12.5. The second kappa shape index (κ2) is 4.86. The van der Waals surface area contributed by atoms with E-state index in [1.165, 1.54) is 12.1 Å². The quantitative estimate of drug-likeness (QED) is 0.763. The number of carboxylic acids is 1. The van der Waals surface area contributed by atoms with E-state index in [0.717, 1.165) is 17.3 Å². The highest BCUT2D eigenvalue weighted by Gasteiger charge is 2.13. The summed E-state index contributed by atoms with van der Waals surface area (Å²) in [6, 6.07) is 10.2. The van der Waals surface area contributed by atoms with E-state index in [9.17, 15) is 4.79 Å². The van der Waals surface area contributed by atoms with Crippen molar-refractivity contribution in [3.05, 3.63) is 42.1 Å². The molecule has 100 valence electrons. The van der Waals surface area contributed by atoms with Gasteiger partial charge in [0.15, 0.2) is 5.58 Å². The Hall–Kier alpha value is -2.54. The highest BCUT2D eigenvalue weighted by Crippen LogP contribution is 2.32. The zero-order chi connectivity index (χ0) is 14.1. The molecule has 2 heterocycles. The number of carboxylic acid groups (broad SMARTS) is 1. The molecule has 0 bridgehead atoms. The first-order valence-corrected chi connectivity index (χ1v) is 6.48. The molecule has 0 aliphatic carbocycles. The molecule has 0 saturated carbocycles. The lowest BCUT2D eigenvalue weighted by Gasteiger charge is -2.02. The van der Waals surface area contributed by atoms with Gasteiger partial charge in [-0.3, -0.25) is 0 Å². The van der Waals surface area contributed by atoms with Gasteiger partial charge in [0, 0.05) is 0 Å². The van der Waals surface area contributed by atoms with E-state index in [4.69, 9.17) is 15.3 Å². The molecule has 20 heavy (non-hydrogen) atoms. The first-order chi connectivity index (χ1) is 9.63. The zero-order valence-corrected chi connectivity index (χ0v) is 10.9. The Morgan fingerprint density at radius 1 is 1.20 bits per heavy atom. The summed E-state index contributed by atoms with van der Waals surface area (Å²) in [5.74, 6) is -1.11. The van der Waals surface area contributed by atoms with Crippen molar-refractivity contribution in [2.24, 2.45) is 0 Å². The van der Waals surface area contributed by atoms with Crippen LogP contribution in [0.4, 0.5) is 5.69 Å². The van der Waals surface area contributed by atoms with Crippen LogP contribution >= 0.6 is 11.8 Å².